The summed E-state index contributed by atoms with van der Waals surface area (Å²) in [6.07, 6.45) is 0. The zero-order valence-corrected chi connectivity index (χ0v) is 8.26. The van der Waals surface area contributed by atoms with Crippen LogP contribution in [0.5, 0.6) is 0 Å². The maximum Gasteiger partial charge on any atom is 0 e. The third-order valence-corrected chi connectivity index (χ3v) is 0. The van der Waals surface area contributed by atoms with Crippen LogP contribution in [0, 0.1) is 0 Å². The predicted octanol–water partition coefficient (Wildman–Crippen LogP) is -2.55. The van der Waals surface area contributed by atoms with Gasteiger partial charge in [0, 0.05) is 45.5 Å². The molecule has 34 valence electrons. The largest absolute Gasteiger partial charge is 0 e. The first-order valence-corrected chi connectivity index (χ1v) is 4.07. The fourth-order valence-electron chi connectivity index (χ4n) is 0. The molecule has 0 saturated carbocycles. The molecule has 0 amide bonds. The van der Waals surface area contributed by atoms with Gasteiger partial charge in [-0.15, -0.1) is 0 Å². The molecule has 6 heavy (non-hydrogen) atoms. The van der Waals surface area contributed by atoms with Crippen molar-refractivity contribution in [2.75, 3.05) is 0 Å². The van der Waals surface area contributed by atoms with E-state index in [1.165, 1.54) is 0 Å². The smallest absolute Gasteiger partial charge is 0 e. The standard InChI is InChI=1S/AsH3O4.Sr/c2-1(3,4)5;/h(H3,2,3,4,5);. The molecule has 0 rings (SSSR count). The Morgan fingerprint density at radius 3 is 1.17 bits per heavy atom. The monoisotopic (exact) mass is 230 g/mol. The van der Waals surface area contributed by atoms with Crippen molar-refractivity contribution in [1.29, 1.82) is 0 Å². The molecule has 0 aromatic rings. The van der Waals surface area contributed by atoms with Crippen molar-refractivity contribution in [1.82, 2.24) is 0 Å². The summed E-state index contributed by atoms with van der Waals surface area (Å²) in [5.41, 5.74) is 0. The van der Waals surface area contributed by atoms with Gasteiger partial charge in [0.15, 0.2) is 0 Å². The van der Waals surface area contributed by atoms with Gasteiger partial charge in [0.1, 0.15) is 0 Å². The molecule has 0 unspecified atom stereocenters. The summed E-state index contributed by atoms with van der Waals surface area (Å²) in [5, 5.41) is 0. The molecule has 0 atom stereocenters. The molecule has 6 heteroatoms. The van der Waals surface area contributed by atoms with Gasteiger partial charge >= 0.3 is 30.5 Å². The molecule has 0 aliphatic carbocycles. The molecular formula is H3AsO4Sr. The molecule has 4 nitrogen and oxygen atoms in total. The summed E-state index contributed by atoms with van der Waals surface area (Å²) in [7, 11) is 0. The summed E-state index contributed by atoms with van der Waals surface area (Å²) >= 11 is -5.12. The van der Waals surface area contributed by atoms with Gasteiger partial charge in [0.25, 0.3) is 0 Å². The van der Waals surface area contributed by atoms with Crippen LogP contribution in [-0.4, -0.2) is 72.3 Å². The quantitative estimate of drug-likeness (QED) is 0.400. The minimum absolute atomic E-state index is 0. The predicted molar refractivity (Wildman–Crippen MR) is 18.9 cm³/mol. The summed E-state index contributed by atoms with van der Waals surface area (Å²) in [6, 6.07) is 0. The van der Waals surface area contributed by atoms with Gasteiger partial charge in [-0.2, -0.15) is 0 Å². The number of rotatable bonds is 0. The van der Waals surface area contributed by atoms with Crippen LogP contribution in [0.2, 0.25) is 0 Å². The third-order valence-electron chi connectivity index (χ3n) is 0. The Kier molecular flexibility index (Phi) is 6.55. The molecule has 0 bridgehead atoms. The van der Waals surface area contributed by atoms with Gasteiger partial charge < -0.3 is 0 Å². The van der Waals surface area contributed by atoms with Gasteiger partial charge in [-0.05, 0) is 0 Å². The van der Waals surface area contributed by atoms with Crippen molar-refractivity contribution in [2.45, 2.75) is 0 Å². The second-order valence-electron chi connectivity index (χ2n) is 0.513. The van der Waals surface area contributed by atoms with Crippen molar-refractivity contribution >= 4 is 60.0 Å². The molecule has 0 spiro atoms. The van der Waals surface area contributed by atoms with Crippen molar-refractivity contribution in [3.63, 3.8) is 0 Å². The van der Waals surface area contributed by atoms with Gasteiger partial charge in [0.2, 0.25) is 0 Å². The Morgan fingerprint density at radius 1 is 1.17 bits per heavy atom. The molecule has 3 N–H and O–H groups in total. The molecule has 0 aliphatic rings. The van der Waals surface area contributed by atoms with Crippen LogP contribution in [0.3, 0.4) is 0 Å². The molecular weight excluding hydrogens is 227 g/mol. The van der Waals surface area contributed by atoms with E-state index in [1.54, 1.807) is 0 Å². The minimum atomic E-state index is -5.12. The van der Waals surface area contributed by atoms with Crippen molar-refractivity contribution < 1.29 is 16.0 Å². The van der Waals surface area contributed by atoms with E-state index in [0.717, 1.165) is 0 Å². The van der Waals surface area contributed by atoms with E-state index in [4.69, 9.17) is 16.0 Å². The van der Waals surface area contributed by atoms with Crippen LogP contribution in [0.1, 0.15) is 0 Å². The zero-order valence-electron chi connectivity index (χ0n) is 2.90. The average Bonchev–Trinajstić information content (AvgIpc) is 0.722. The number of hydrogen-bond acceptors (Lipinski definition) is 1. The zero-order chi connectivity index (χ0) is 4.50. The summed E-state index contributed by atoms with van der Waals surface area (Å²) in [5.74, 6) is 0. The second kappa shape index (κ2) is 3.69. The van der Waals surface area contributed by atoms with E-state index in [2.05, 4.69) is 0 Å². The van der Waals surface area contributed by atoms with Crippen LogP contribution >= 0.6 is 0 Å². The maximum atomic E-state index is 8.94. The van der Waals surface area contributed by atoms with Crippen LogP contribution in [0.25, 0.3) is 0 Å². The fourth-order valence-corrected chi connectivity index (χ4v) is 0. The van der Waals surface area contributed by atoms with Gasteiger partial charge in [-0.3, -0.25) is 0 Å². The molecule has 2 radical (unpaired) electrons. The molecule has 0 aromatic heterocycles. The third kappa shape index (κ3) is 43.1. The Balaban J connectivity index is 0. The topological polar surface area (TPSA) is 77.8 Å². The average molecular weight is 230 g/mol. The second-order valence-corrected chi connectivity index (χ2v) is 2.67. The van der Waals surface area contributed by atoms with Crippen LogP contribution in [-0.2, 0) is 3.74 Å². The molecule has 0 fully saturated rings. The van der Waals surface area contributed by atoms with Gasteiger partial charge in [0.05, 0.1) is 0 Å². The van der Waals surface area contributed by atoms with E-state index in [0.29, 0.717) is 0 Å². The van der Waals surface area contributed by atoms with Gasteiger partial charge in [-0.1, -0.05) is 0 Å². The molecule has 0 aromatic carbocycles. The Bertz CT molecular complexity index is 53.7. The van der Waals surface area contributed by atoms with Crippen molar-refractivity contribution in [3.8, 4) is 0 Å². The van der Waals surface area contributed by atoms with Crippen molar-refractivity contribution in [2.24, 2.45) is 0 Å². The number of hydrogen-bond donors (Lipinski definition) is 3. The summed E-state index contributed by atoms with van der Waals surface area (Å²) < 4.78 is 30.7. The maximum absolute atomic E-state index is 8.94. The Hall–Kier alpha value is 1.72. The summed E-state index contributed by atoms with van der Waals surface area (Å²) in [6.45, 7) is 0. The first-order valence-electron chi connectivity index (χ1n) is 0.783. The Morgan fingerprint density at radius 2 is 1.17 bits per heavy atom. The van der Waals surface area contributed by atoms with Gasteiger partial charge in [-0.25, -0.2) is 0 Å². The summed E-state index contributed by atoms with van der Waals surface area (Å²) in [4.78, 5) is 0. The van der Waals surface area contributed by atoms with E-state index in [-0.39, 0.29) is 45.5 Å². The van der Waals surface area contributed by atoms with E-state index in [1.807, 2.05) is 0 Å². The van der Waals surface area contributed by atoms with Crippen molar-refractivity contribution in [3.05, 3.63) is 0 Å². The van der Waals surface area contributed by atoms with E-state index in [9.17, 15) is 0 Å². The van der Waals surface area contributed by atoms with Crippen LogP contribution < -0.4 is 0 Å². The Labute approximate surface area is 74.8 Å². The fraction of sp³-hybridized carbons (Fsp3) is 0. The normalized spacial score (nSPS) is 9.83. The van der Waals surface area contributed by atoms with Crippen LogP contribution in [0.15, 0.2) is 0 Å². The first-order chi connectivity index (χ1) is 2.00. The van der Waals surface area contributed by atoms with E-state index >= 15 is 0 Å². The molecule has 0 heterocycles. The molecule has 0 saturated heterocycles. The van der Waals surface area contributed by atoms with Crippen LogP contribution in [0.4, 0.5) is 0 Å². The molecule has 0 aliphatic heterocycles. The van der Waals surface area contributed by atoms with E-state index < -0.39 is 14.5 Å². The first kappa shape index (κ1) is 10.7. The SMILES string of the molecule is O=[As](O)(O)O.[Sr]. The minimum Gasteiger partial charge on any atom is 0 e.